The number of amides is 1. The van der Waals surface area contributed by atoms with Gasteiger partial charge in [-0.25, -0.2) is 9.78 Å². The van der Waals surface area contributed by atoms with Gasteiger partial charge < -0.3 is 9.88 Å². The molecule has 10 heteroatoms. The largest absolute Gasteiger partial charge is 0.332 e. The molecule has 0 unspecified atom stereocenters. The Labute approximate surface area is 205 Å². The van der Waals surface area contributed by atoms with Gasteiger partial charge in [0.2, 0.25) is 5.91 Å². The average molecular weight is 498 g/mol. The molecule has 34 heavy (non-hydrogen) atoms. The van der Waals surface area contributed by atoms with Crippen LogP contribution in [0.4, 0.5) is 5.69 Å². The summed E-state index contributed by atoms with van der Waals surface area (Å²) in [5.41, 5.74) is 1.70. The second-order valence-corrected chi connectivity index (χ2v) is 9.31. The molecule has 0 spiro atoms. The number of rotatable bonds is 8. The van der Waals surface area contributed by atoms with Gasteiger partial charge in [0.15, 0.2) is 16.3 Å². The van der Waals surface area contributed by atoms with Crippen molar-refractivity contribution in [1.82, 2.24) is 18.7 Å². The number of nitrogens with one attached hydrogen (secondary N) is 1. The zero-order valence-corrected chi connectivity index (χ0v) is 20.4. The maximum absolute atomic E-state index is 12.7. The van der Waals surface area contributed by atoms with Gasteiger partial charge in [-0.05, 0) is 36.2 Å². The summed E-state index contributed by atoms with van der Waals surface area (Å²) in [6, 6.07) is 16.9. The van der Waals surface area contributed by atoms with Crippen molar-refractivity contribution in [2.45, 2.75) is 24.5 Å². The van der Waals surface area contributed by atoms with Crippen LogP contribution in [0.5, 0.6) is 0 Å². The summed E-state index contributed by atoms with van der Waals surface area (Å²) in [6.45, 7) is 0.542. The summed E-state index contributed by atoms with van der Waals surface area (Å²) in [5, 5.41) is 4.04. The Balaban J connectivity index is 1.56. The number of imidazole rings is 1. The van der Waals surface area contributed by atoms with Gasteiger partial charge in [-0.15, -0.1) is 0 Å². The van der Waals surface area contributed by atoms with Gasteiger partial charge in [0.25, 0.3) is 5.56 Å². The highest BCUT2D eigenvalue weighted by atomic mass is 35.5. The van der Waals surface area contributed by atoms with Crippen molar-refractivity contribution in [1.29, 1.82) is 0 Å². The number of benzene rings is 2. The van der Waals surface area contributed by atoms with Crippen LogP contribution in [0, 0.1) is 0 Å². The van der Waals surface area contributed by atoms with Gasteiger partial charge >= 0.3 is 5.69 Å². The number of aryl methyl sites for hydroxylation is 3. The van der Waals surface area contributed by atoms with E-state index in [2.05, 4.69) is 10.3 Å². The van der Waals surface area contributed by atoms with Crippen LogP contribution in [0.15, 0.2) is 69.3 Å². The van der Waals surface area contributed by atoms with E-state index >= 15 is 0 Å². The monoisotopic (exact) mass is 497 g/mol. The van der Waals surface area contributed by atoms with E-state index in [1.54, 1.807) is 31.3 Å². The van der Waals surface area contributed by atoms with Crippen LogP contribution in [0.2, 0.25) is 5.02 Å². The molecule has 0 bridgehead atoms. The van der Waals surface area contributed by atoms with Crippen molar-refractivity contribution in [3.8, 4) is 0 Å². The minimum absolute atomic E-state index is 0.134. The third kappa shape index (κ3) is 5.10. The molecule has 0 aliphatic carbocycles. The third-order valence-corrected chi connectivity index (χ3v) is 6.69. The van der Waals surface area contributed by atoms with E-state index in [1.165, 1.54) is 23.4 Å². The number of fused-ring (bicyclic) bond motifs is 1. The number of anilines is 1. The maximum Gasteiger partial charge on any atom is 0.332 e. The van der Waals surface area contributed by atoms with Gasteiger partial charge in [0, 0.05) is 43.5 Å². The molecule has 1 N–H and O–H groups in total. The number of hydrogen-bond donors (Lipinski definition) is 1. The van der Waals surface area contributed by atoms with E-state index in [4.69, 9.17) is 11.6 Å². The van der Waals surface area contributed by atoms with Crippen LogP contribution in [0.3, 0.4) is 0 Å². The number of halogens is 1. The lowest BCUT2D eigenvalue weighted by atomic mass is 10.1. The van der Waals surface area contributed by atoms with Crippen LogP contribution in [-0.2, 0) is 31.9 Å². The van der Waals surface area contributed by atoms with Crippen molar-refractivity contribution < 1.29 is 4.79 Å². The highest BCUT2D eigenvalue weighted by molar-refractivity contribution is 7.99. The van der Waals surface area contributed by atoms with Crippen LogP contribution in [0.25, 0.3) is 11.2 Å². The Morgan fingerprint density at radius 2 is 1.74 bits per heavy atom. The van der Waals surface area contributed by atoms with E-state index < -0.39 is 11.2 Å². The number of hydrogen-bond acceptors (Lipinski definition) is 5. The molecule has 2 aromatic carbocycles. The molecule has 0 atom stereocenters. The number of nitrogens with zero attached hydrogens (tertiary/aromatic N) is 4. The molecule has 4 aromatic rings. The van der Waals surface area contributed by atoms with Crippen molar-refractivity contribution in [2.24, 2.45) is 14.1 Å². The van der Waals surface area contributed by atoms with Gasteiger partial charge in [-0.3, -0.25) is 18.7 Å². The summed E-state index contributed by atoms with van der Waals surface area (Å²) in [7, 11) is 3.08. The molecule has 0 radical (unpaired) electrons. The number of thioether (sulfide) groups is 1. The molecule has 1 amide bonds. The van der Waals surface area contributed by atoms with Crippen LogP contribution < -0.4 is 16.6 Å². The Bertz CT molecular complexity index is 1440. The SMILES string of the molecule is Cn1c(=O)c2nc(SCCC(=O)Nc3ccc(Cl)cc3)n(CCc3ccccc3)c2n(C)c1=O. The first-order chi connectivity index (χ1) is 16.3. The van der Waals surface area contributed by atoms with Crippen LogP contribution in [0.1, 0.15) is 12.0 Å². The first-order valence-electron chi connectivity index (χ1n) is 10.7. The molecule has 0 fully saturated rings. The highest BCUT2D eigenvalue weighted by Gasteiger charge is 2.19. The molecule has 2 aromatic heterocycles. The second-order valence-electron chi connectivity index (χ2n) is 7.81. The van der Waals surface area contributed by atoms with Crippen molar-refractivity contribution in [3.05, 3.63) is 86.0 Å². The highest BCUT2D eigenvalue weighted by Crippen LogP contribution is 2.23. The first-order valence-corrected chi connectivity index (χ1v) is 12.1. The smallest absolute Gasteiger partial charge is 0.326 e. The Hall–Kier alpha value is -3.30. The molecular formula is C24H24ClN5O3S. The third-order valence-electron chi connectivity index (χ3n) is 5.46. The fraction of sp³-hybridized carbons (Fsp3) is 0.250. The molecular weight excluding hydrogens is 474 g/mol. The summed E-state index contributed by atoms with van der Waals surface area (Å²) in [6.07, 6.45) is 0.965. The Morgan fingerprint density at radius 3 is 2.44 bits per heavy atom. The summed E-state index contributed by atoms with van der Waals surface area (Å²) >= 11 is 7.27. The Kier molecular flexibility index (Phi) is 7.23. The second kappa shape index (κ2) is 10.3. The standard InChI is InChI=1S/C24H24ClN5O3S/c1-28-21-20(22(32)29(2)24(28)33)27-23(30(21)14-12-16-6-4-3-5-7-16)34-15-13-19(31)26-18-10-8-17(25)9-11-18/h3-11H,12-15H2,1-2H3,(H,26,31). The van der Waals surface area contributed by atoms with Gasteiger partial charge in [-0.2, -0.15) is 0 Å². The van der Waals surface area contributed by atoms with E-state index in [-0.39, 0.29) is 17.8 Å². The molecule has 0 saturated carbocycles. The summed E-state index contributed by atoms with van der Waals surface area (Å²) in [4.78, 5) is 42.2. The lowest BCUT2D eigenvalue weighted by Gasteiger charge is -2.11. The summed E-state index contributed by atoms with van der Waals surface area (Å²) < 4.78 is 4.41. The topological polar surface area (TPSA) is 90.9 Å². The quantitative estimate of drug-likeness (QED) is 0.376. The molecule has 2 heterocycles. The number of carbonyl (C=O) groups excluding carboxylic acids is 1. The van der Waals surface area contributed by atoms with E-state index in [1.807, 2.05) is 34.9 Å². The number of carbonyl (C=O) groups is 1. The fourth-order valence-corrected chi connectivity index (χ4v) is 4.74. The van der Waals surface area contributed by atoms with Crippen molar-refractivity contribution in [2.75, 3.05) is 11.1 Å². The fourth-order valence-electron chi connectivity index (χ4n) is 3.66. The van der Waals surface area contributed by atoms with Crippen molar-refractivity contribution >= 4 is 46.1 Å². The predicted octanol–water partition coefficient (Wildman–Crippen LogP) is 3.45. The van der Waals surface area contributed by atoms with E-state index in [0.717, 1.165) is 10.1 Å². The zero-order chi connectivity index (χ0) is 24.2. The Morgan fingerprint density at radius 1 is 1.03 bits per heavy atom. The lowest BCUT2D eigenvalue weighted by molar-refractivity contribution is -0.115. The molecule has 8 nitrogen and oxygen atoms in total. The summed E-state index contributed by atoms with van der Waals surface area (Å²) in [5.74, 6) is 0.326. The zero-order valence-electron chi connectivity index (χ0n) is 18.8. The van der Waals surface area contributed by atoms with Crippen molar-refractivity contribution in [3.63, 3.8) is 0 Å². The van der Waals surface area contributed by atoms with Gasteiger partial charge in [0.05, 0.1) is 0 Å². The number of aromatic nitrogens is 4. The average Bonchev–Trinajstić information content (AvgIpc) is 3.20. The lowest BCUT2D eigenvalue weighted by Crippen LogP contribution is -2.37. The first kappa shape index (κ1) is 23.8. The molecule has 0 aliphatic rings. The van der Waals surface area contributed by atoms with Crippen LogP contribution >= 0.6 is 23.4 Å². The molecule has 4 rings (SSSR count). The molecule has 0 saturated heterocycles. The normalized spacial score (nSPS) is 11.1. The van der Waals surface area contributed by atoms with Gasteiger partial charge in [-0.1, -0.05) is 53.7 Å². The minimum atomic E-state index is -0.432. The molecule has 176 valence electrons. The molecule has 0 aliphatic heterocycles. The van der Waals surface area contributed by atoms with E-state index in [0.29, 0.717) is 40.2 Å². The van der Waals surface area contributed by atoms with Gasteiger partial charge in [0.1, 0.15) is 0 Å². The van der Waals surface area contributed by atoms with Crippen LogP contribution in [-0.4, -0.2) is 30.3 Å². The minimum Gasteiger partial charge on any atom is -0.326 e. The van der Waals surface area contributed by atoms with E-state index in [9.17, 15) is 14.4 Å². The predicted molar refractivity (Wildman–Crippen MR) is 136 cm³/mol. The maximum atomic E-state index is 12.7.